The number of halogens is 1. The highest BCUT2D eigenvalue weighted by atomic mass is 35.5. The summed E-state index contributed by atoms with van der Waals surface area (Å²) in [6, 6.07) is 12.1. The molecule has 3 aromatic rings. The average molecular weight is 464 g/mol. The third-order valence-electron chi connectivity index (χ3n) is 5.73. The van der Waals surface area contributed by atoms with Crippen LogP contribution in [0.2, 0.25) is 5.02 Å². The van der Waals surface area contributed by atoms with Crippen LogP contribution in [0.1, 0.15) is 39.2 Å². The lowest BCUT2D eigenvalue weighted by Crippen LogP contribution is -2.19. The van der Waals surface area contributed by atoms with Crippen molar-refractivity contribution in [2.24, 2.45) is 4.99 Å². The van der Waals surface area contributed by atoms with Gasteiger partial charge >= 0.3 is 0 Å². The molecule has 0 unspecified atom stereocenters. The summed E-state index contributed by atoms with van der Waals surface area (Å²) in [5.74, 6) is -0.138. The van der Waals surface area contributed by atoms with Gasteiger partial charge in [0.1, 0.15) is 0 Å². The highest BCUT2D eigenvalue weighted by Gasteiger charge is 2.25. The van der Waals surface area contributed by atoms with Gasteiger partial charge in [-0.2, -0.15) is 0 Å². The number of rotatable bonds is 3. The summed E-state index contributed by atoms with van der Waals surface area (Å²) in [5.41, 5.74) is 9.86. The number of carbonyl (C=O) groups excluding carboxylic acids is 1. The van der Waals surface area contributed by atoms with E-state index in [1.165, 1.54) is 34.1 Å². The van der Waals surface area contributed by atoms with Gasteiger partial charge in [0.25, 0.3) is 5.91 Å². The lowest BCUT2D eigenvalue weighted by molar-refractivity contribution is -0.115. The molecule has 0 aliphatic carbocycles. The first kappa shape index (κ1) is 22.4. The Kier molecular flexibility index (Phi) is 6.06. The van der Waals surface area contributed by atoms with E-state index in [4.69, 9.17) is 11.6 Å². The van der Waals surface area contributed by atoms with Crippen molar-refractivity contribution in [3.05, 3.63) is 85.5 Å². The number of amides is 1. The maximum absolute atomic E-state index is 12.6. The SMILES string of the molecule is Cc1cc(C)c(-n2c(C)cc(/C=C3/SC(=Nc4cccc(Cl)c4C)NC3=O)c2C)c(C)c1. The number of aryl methyl sites for hydroxylation is 4. The van der Waals surface area contributed by atoms with Crippen LogP contribution in [0.4, 0.5) is 5.69 Å². The molecule has 1 aliphatic heterocycles. The van der Waals surface area contributed by atoms with Crippen LogP contribution in [0, 0.1) is 41.5 Å². The second-order valence-electron chi connectivity index (χ2n) is 8.27. The van der Waals surface area contributed by atoms with Gasteiger partial charge in [0, 0.05) is 16.4 Å². The van der Waals surface area contributed by atoms with Gasteiger partial charge < -0.3 is 9.88 Å². The average Bonchev–Trinajstić information content (AvgIpc) is 3.18. The molecule has 4 nitrogen and oxygen atoms in total. The van der Waals surface area contributed by atoms with Crippen LogP contribution in [0.15, 0.2) is 46.3 Å². The maximum Gasteiger partial charge on any atom is 0.264 e. The van der Waals surface area contributed by atoms with E-state index in [1.807, 2.05) is 31.2 Å². The van der Waals surface area contributed by atoms with Crippen molar-refractivity contribution in [1.29, 1.82) is 0 Å². The number of hydrogen-bond donors (Lipinski definition) is 1. The summed E-state index contributed by atoms with van der Waals surface area (Å²) in [6.07, 6.45) is 1.95. The molecule has 0 spiro atoms. The molecular formula is C26H26ClN3OS. The molecule has 1 aliphatic rings. The van der Waals surface area contributed by atoms with Gasteiger partial charge in [-0.05, 0) is 99.8 Å². The minimum absolute atomic E-state index is 0.138. The Labute approximate surface area is 198 Å². The van der Waals surface area contributed by atoms with Crippen molar-refractivity contribution in [3.63, 3.8) is 0 Å². The number of aliphatic imine (C=N–C) groups is 1. The van der Waals surface area contributed by atoms with Crippen molar-refractivity contribution in [2.45, 2.75) is 41.5 Å². The third kappa shape index (κ3) is 4.15. The monoisotopic (exact) mass is 463 g/mol. The summed E-state index contributed by atoms with van der Waals surface area (Å²) in [7, 11) is 0. The molecule has 0 atom stereocenters. The summed E-state index contributed by atoms with van der Waals surface area (Å²) >= 11 is 7.55. The molecule has 1 aromatic heterocycles. The number of amidine groups is 1. The van der Waals surface area contributed by atoms with E-state index < -0.39 is 0 Å². The number of thioether (sulfide) groups is 1. The summed E-state index contributed by atoms with van der Waals surface area (Å²) in [4.78, 5) is 17.9. The predicted octanol–water partition coefficient (Wildman–Crippen LogP) is 6.87. The van der Waals surface area contributed by atoms with Gasteiger partial charge in [-0.3, -0.25) is 4.79 Å². The van der Waals surface area contributed by atoms with E-state index in [1.54, 1.807) is 0 Å². The van der Waals surface area contributed by atoms with E-state index >= 15 is 0 Å². The molecule has 164 valence electrons. The number of aromatic nitrogens is 1. The Bertz CT molecular complexity index is 1290. The van der Waals surface area contributed by atoms with Crippen molar-refractivity contribution < 1.29 is 4.79 Å². The van der Waals surface area contributed by atoms with Gasteiger partial charge in [-0.25, -0.2) is 4.99 Å². The fourth-order valence-electron chi connectivity index (χ4n) is 4.25. The first-order chi connectivity index (χ1) is 15.2. The number of nitrogens with one attached hydrogen (secondary N) is 1. The van der Waals surface area contributed by atoms with E-state index in [-0.39, 0.29) is 5.91 Å². The van der Waals surface area contributed by atoms with Crippen LogP contribution in [-0.2, 0) is 4.79 Å². The van der Waals surface area contributed by atoms with Crippen LogP contribution in [0.5, 0.6) is 0 Å². The quantitative estimate of drug-likeness (QED) is 0.430. The summed E-state index contributed by atoms with van der Waals surface area (Å²) in [6.45, 7) is 12.5. The van der Waals surface area contributed by atoms with E-state index in [9.17, 15) is 4.79 Å². The van der Waals surface area contributed by atoms with Crippen LogP contribution < -0.4 is 5.32 Å². The van der Waals surface area contributed by atoms with Crippen LogP contribution >= 0.6 is 23.4 Å². The van der Waals surface area contributed by atoms with Gasteiger partial charge in [0.05, 0.1) is 16.3 Å². The number of carbonyl (C=O) groups is 1. The van der Waals surface area contributed by atoms with Crippen molar-refractivity contribution >= 4 is 46.2 Å². The van der Waals surface area contributed by atoms with Crippen molar-refractivity contribution in [1.82, 2.24) is 9.88 Å². The Morgan fingerprint density at radius 2 is 1.72 bits per heavy atom. The van der Waals surface area contributed by atoms with Crippen molar-refractivity contribution in [2.75, 3.05) is 0 Å². The zero-order chi connectivity index (χ0) is 23.2. The van der Waals surface area contributed by atoms with E-state index in [0.29, 0.717) is 15.1 Å². The fraction of sp³-hybridized carbons (Fsp3) is 0.231. The second-order valence-corrected chi connectivity index (χ2v) is 9.71. The van der Waals surface area contributed by atoms with Gasteiger partial charge in [-0.1, -0.05) is 35.4 Å². The first-order valence-electron chi connectivity index (χ1n) is 10.5. The maximum atomic E-state index is 12.6. The normalized spacial score (nSPS) is 16.3. The summed E-state index contributed by atoms with van der Waals surface area (Å²) in [5, 5.41) is 4.09. The molecule has 2 heterocycles. The standard InChI is InChI=1S/C26H26ClN3OS/c1-14-10-15(2)24(16(3)11-14)30-17(4)12-20(19(30)6)13-23-25(31)29-26(32-23)28-22-9-7-8-21(27)18(22)5/h7-13H,1-6H3,(H,28,29,31)/b23-13+. The topological polar surface area (TPSA) is 46.4 Å². The molecule has 4 rings (SSSR count). The highest BCUT2D eigenvalue weighted by Crippen LogP contribution is 2.33. The van der Waals surface area contributed by atoms with Crippen molar-refractivity contribution in [3.8, 4) is 5.69 Å². The Morgan fingerprint density at radius 3 is 2.41 bits per heavy atom. The Hall–Kier alpha value is -2.76. The Morgan fingerprint density at radius 1 is 1.03 bits per heavy atom. The third-order valence-corrected chi connectivity index (χ3v) is 7.05. The molecule has 0 bridgehead atoms. The molecule has 6 heteroatoms. The minimum Gasteiger partial charge on any atom is -0.317 e. The molecular weight excluding hydrogens is 438 g/mol. The highest BCUT2D eigenvalue weighted by molar-refractivity contribution is 8.18. The van der Waals surface area contributed by atoms with Gasteiger partial charge in [0.15, 0.2) is 5.17 Å². The zero-order valence-electron chi connectivity index (χ0n) is 19.1. The molecule has 32 heavy (non-hydrogen) atoms. The molecule has 1 amide bonds. The van der Waals surface area contributed by atoms with E-state index in [0.717, 1.165) is 28.2 Å². The van der Waals surface area contributed by atoms with Crippen LogP contribution in [0.3, 0.4) is 0 Å². The molecule has 1 N–H and O–H groups in total. The lowest BCUT2D eigenvalue weighted by atomic mass is 10.0. The van der Waals surface area contributed by atoms with Crippen LogP contribution in [-0.4, -0.2) is 15.6 Å². The van der Waals surface area contributed by atoms with Gasteiger partial charge in [0.2, 0.25) is 0 Å². The summed E-state index contributed by atoms with van der Waals surface area (Å²) < 4.78 is 2.28. The van der Waals surface area contributed by atoms with Crippen LogP contribution in [0.25, 0.3) is 11.8 Å². The smallest absolute Gasteiger partial charge is 0.264 e. The lowest BCUT2D eigenvalue weighted by Gasteiger charge is -2.17. The minimum atomic E-state index is -0.138. The zero-order valence-corrected chi connectivity index (χ0v) is 20.7. The number of benzene rings is 2. The largest absolute Gasteiger partial charge is 0.317 e. The number of hydrogen-bond acceptors (Lipinski definition) is 3. The van der Waals surface area contributed by atoms with Gasteiger partial charge in [-0.15, -0.1) is 0 Å². The van der Waals surface area contributed by atoms with E-state index in [2.05, 4.69) is 67.7 Å². The predicted molar refractivity (Wildman–Crippen MR) is 136 cm³/mol. The molecule has 2 aromatic carbocycles. The number of nitrogens with zero attached hydrogens (tertiary/aromatic N) is 2. The first-order valence-corrected chi connectivity index (χ1v) is 11.7. The molecule has 1 saturated heterocycles. The Balaban J connectivity index is 1.70. The second kappa shape index (κ2) is 8.64. The fourth-order valence-corrected chi connectivity index (χ4v) is 5.25. The molecule has 0 saturated carbocycles. The molecule has 0 radical (unpaired) electrons. The molecule has 1 fully saturated rings.